The van der Waals surface area contributed by atoms with Crippen molar-refractivity contribution >= 4 is 17.1 Å². The summed E-state index contributed by atoms with van der Waals surface area (Å²) in [4.78, 5) is 12.5. The van der Waals surface area contributed by atoms with E-state index in [2.05, 4.69) is 20.8 Å². The summed E-state index contributed by atoms with van der Waals surface area (Å²) in [5.74, 6) is 0.282. The minimum absolute atomic E-state index is 0.257. The Morgan fingerprint density at radius 3 is 2.62 bits per heavy atom. The maximum Gasteiger partial charge on any atom is 0.172 e. The maximum atomic E-state index is 11.6. The monoisotopic (exact) mass is 196 g/mol. The Labute approximate surface area is 83.8 Å². The maximum absolute atomic E-state index is 11.6. The molecule has 0 bridgehead atoms. The second kappa shape index (κ2) is 4.05. The summed E-state index contributed by atoms with van der Waals surface area (Å²) in [6, 6.07) is 3.82. The molecule has 72 valence electrons. The highest BCUT2D eigenvalue weighted by Gasteiger charge is 2.14. The van der Waals surface area contributed by atoms with Crippen molar-refractivity contribution in [3.63, 3.8) is 0 Å². The van der Waals surface area contributed by atoms with Gasteiger partial charge in [0.1, 0.15) is 0 Å². The molecule has 13 heavy (non-hydrogen) atoms. The van der Waals surface area contributed by atoms with E-state index in [0.717, 1.165) is 11.3 Å². The summed E-state index contributed by atoms with van der Waals surface area (Å²) >= 11 is 1.53. The molecule has 0 aliphatic rings. The summed E-state index contributed by atoms with van der Waals surface area (Å²) in [6.45, 7) is 6.48. The fourth-order valence-corrected chi connectivity index (χ4v) is 1.74. The SMILES string of the molecule is CC(C)(C)CCC(=O)c1cccs1. The van der Waals surface area contributed by atoms with Crippen LogP contribution in [0.3, 0.4) is 0 Å². The van der Waals surface area contributed by atoms with E-state index in [4.69, 9.17) is 0 Å². The standard InChI is InChI=1S/C11H16OS/c1-11(2,3)7-6-9(12)10-5-4-8-13-10/h4-5,8H,6-7H2,1-3H3. The Morgan fingerprint density at radius 2 is 2.15 bits per heavy atom. The molecule has 1 rings (SSSR count). The van der Waals surface area contributed by atoms with Crippen molar-refractivity contribution in [1.29, 1.82) is 0 Å². The van der Waals surface area contributed by atoms with E-state index >= 15 is 0 Å². The predicted octanol–water partition coefficient (Wildman–Crippen LogP) is 3.76. The van der Waals surface area contributed by atoms with Crippen molar-refractivity contribution in [2.24, 2.45) is 5.41 Å². The number of Topliss-reactive ketones (excluding diaryl/α,β-unsaturated/α-hetero) is 1. The lowest BCUT2D eigenvalue weighted by atomic mass is 9.89. The van der Waals surface area contributed by atoms with Crippen LogP contribution in [0.2, 0.25) is 0 Å². The normalized spacial score (nSPS) is 11.6. The van der Waals surface area contributed by atoms with Gasteiger partial charge in [-0.15, -0.1) is 11.3 Å². The topological polar surface area (TPSA) is 17.1 Å². The van der Waals surface area contributed by atoms with Crippen LogP contribution in [0.4, 0.5) is 0 Å². The van der Waals surface area contributed by atoms with Crippen LogP contribution in [-0.2, 0) is 0 Å². The molecule has 1 aromatic rings. The van der Waals surface area contributed by atoms with Gasteiger partial charge < -0.3 is 0 Å². The van der Waals surface area contributed by atoms with E-state index in [1.807, 2.05) is 17.5 Å². The number of hydrogen-bond donors (Lipinski definition) is 0. The second-order valence-corrected chi connectivity index (χ2v) is 5.41. The second-order valence-electron chi connectivity index (χ2n) is 4.46. The lowest BCUT2D eigenvalue weighted by Crippen LogP contribution is -2.08. The van der Waals surface area contributed by atoms with Crippen LogP contribution in [0.5, 0.6) is 0 Å². The number of carbonyl (C=O) groups is 1. The molecule has 0 saturated heterocycles. The molecule has 0 radical (unpaired) electrons. The minimum Gasteiger partial charge on any atom is -0.293 e. The molecule has 0 aliphatic heterocycles. The van der Waals surface area contributed by atoms with Crippen molar-refractivity contribution in [1.82, 2.24) is 0 Å². The molecule has 0 saturated carbocycles. The first-order valence-electron chi connectivity index (χ1n) is 4.56. The van der Waals surface area contributed by atoms with Crippen LogP contribution >= 0.6 is 11.3 Å². The fourth-order valence-electron chi connectivity index (χ4n) is 1.05. The van der Waals surface area contributed by atoms with E-state index in [1.54, 1.807) is 0 Å². The average Bonchev–Trinajstić information content (AvgIpc) is 2.50. The van der Waals surface area contributed by atoms with Crippen LogP contribution in [-0.4, -0.2) is 5.78 Å². The van der Waals surface area contributed by atoms with Gasteiger partial charge in [0, 0.05) is 6.42 Å². The Kier molecular flexibility index (Phi) is 3.26. The Morgan fingerprint density at radius 1 is 1.46 bits per heavy atom. The molecule has 0 N–H and O–H groups in total. The van der Waals surface area contributed by atoms with Crippen LogP contribution < -0.4 is 0 Å². The van der Waals surface area contributed by atoms with Gasteiger partial charge in [-0.1, -0.05) is 26.8 Å². The summed E-state index contributed by atoms with van der Waals surface area (Å²) in [6.07, 6.45) is 1.63. The fraction of sp³-hybridized carbons (Fsp3) is 0.545. The molecule has 1 nitrogen and oxygen atoms in total. The summed E-state index contributed by atoms with van der Waals surface area (Å²) in [7, 11) is 0. The minimum atomic E-state index is 0.257. The van der Waals surface area contributed by atoms with Gasteiger partial charge in [-0.05, 0) is 23.3 Å². The van der Waals surface area contributed by atoms with Gasteiger partial charge in [-0.3, -0.25) is 4.79 Å². The van der Waals surface area contributed by atoms with Gasteiger partial charge >= 0.3 is 0 Å². The van der Waals surface area contributed by atoms with Crippen molar-refractivity contribution in [3.05, 3.63) is 22.4 Å². The molecule has 0 aliphatic carbocycles. The summed E-state index contributed by atoms with van der Waals surface area (Å²) < 4.78 is 0. The lowest BCUT2D eigenvalue weighted by molar-refractivity contribution is 0.0970. The number of carbonyl (C=O) groups excluding carboxylic acids is 1. The lowest BCUT2D eigenvalue weighted by Gasteiger charge is -2.16. The molecule has 1 aromatic heterocycles. The molecular weight excluding hydrogens is 180 g/mol. The quantitative estimate of drug-likeness (QED) is 0.673. The zero-order valence-corrected chi connectivity index (χ0v) is 9.28. The molecule has 0 atom stereocenters. The first kappa shape index (κ1) is 10.5. The first-order valence-corrected chi connectivity index (χ1v) is 5.44. The molecule has 0 amide bonds. The van der Waals surface area contributed by atoms with Crippen molar-refractivity contribution in [3.8, 4) is 0 Å². The highest BCUT2D eigenvalue weighted by molar-refractivity contribution is 7.12. The van der Waals surface area contributed by atoms with Gasteiger partial charge in [0.15, 0.2) is 5.78 Å². The van der Waals surface area contributed by atoms with Crippen molar-refractivity contribution in [2.75, 3.05) is 0 Å². The number of hydrogen-bond acceptors (Lipinski definition) is 2. The average molecular weight is 196 g/mol. The molecule has 0 unspecified atom stereocenters. The third kappa shape index (κ3) is 3.73. The number of rotatable bonds is 3. The smallest absolute Gasteiger partial charge is 0.172 e. The van der Waals surface area contributed by atoms with E-state index in [1.165, 1.54) is 11.3 Å². The van der Waals surface area contributed by atoms with Crippen LogP contribution in [0, 0.1) is 5.41 Å². The Bertz CT molecular complexity index is 267. The van der Waals surface area contributed by atoms with Crippen molar-refractivity contribution < 1.29 is 4.79 Å². The van der Waals surface area contributed by atoms with Gasteiger partial charge in [0.25, 0.3) is 0 Å². The largest absolute Gasteiger partial charge is 0.293 e. The third-order valence-corrected chi connectivity index (χ3v) is 2.81. The third-order valence-electron chi connectivity index (χ3n) is 1.90. The molecule has 2 heteroatoms. The molecular formula is C11H16OS. The van der Waals surface area contributed by atoms with Gasteiger partial charge in [0.05, 0.1) is 4.88 Å². The molecule has 0 spiro atoms. The highest BCUT2D eigenvalue weighted by atomic mass is 32.1. The van der Waals surface area contributed by atoms with E-state index < -0.39 is 0 Å². The Balaban J connectivity index is 2.44. The van der Waals surface area contributed by atoms with Crippen LogP contribution in [0.15, 0.2) is 17.5 Å². The van der Waals surface area contributed by atoms with E-state index in [-0.39, 0.29) is 11.2 Å². The van der Waals surface area contributed by atoms with Gasteiger partial charge in [0.2, 0.25) is 0 Å². The number of thiophene rings is 1. The zero-order valence-electron chi connectivity index (χ0n) is 8.46. The number of ketones is 1. The van der Waals surface area contributed by atoms with E-state index in [0.29, 0.717) is 6.42 Å². The van der Waals surface area contributed by atoms with Gasteiger partial charge in [-0.2, -0.15) is 0 Å². The predicted molar refractivity (Wildman–Crippen MR) is 57.3 cm³/mol. The van der Waals surface area contributed by atoms with Crippen LogP contribution in [0.1, 0.15) is 43.3 Å². The van der Waals surface area contributed by atoms with Crippen LogP contribution in [0.25, 0.3) is 0 Å². The van der Waals surface area contributed by atoms with Crippen molar-refractivity contribution in [2.45, 2.75) is 33.6 Å². The molecule has 0 aromatic carbocycles. The first-order chi connectivity index (χ1) is 5.99. The zero-order chi connectivity index (χ0) is 9.90. The highest BCUT2D eigenvalue weighted by Crippen LogP contribution is 2.22. The summed E-state index contributed by atoms with van der Waals surface area (Å²) in [5.41, 5.74) is 0.257. The molecule has 1 heterocycles. The van der Waals surface area contributed by atoms with Gasteiger partial charge in [-0.25, -0.2) is 0 Å². The molecule has 0 fully saturated rings. The summed E-state index contributed by atoms with van der Waals surface area (Å²) in [5, 5.41) is 1.95. The Hall–Kier alpha value is -0.630. The van der Waals surface area contributed by atoms with E-state index in [9.17, 15) is 4.79 Å².